The van der Waals surface area contributed by atoms with Crippen LogP contribution in [0.4, 0.5) is 0 Å². The minimum atomic E-state index is -1.02. The number of hydrogen-bond donors (Lipinski definition) is 0. The normalized spacial score (nSPS) is 24.7. The van der Waals surface area contributed by atoms with E-state index in [1.54, 1.807) is 4.90 Å². The molecule has 2 aromatic rings. The monoisotopic (exact) mass is 413 g/mol. The van der Waals surface area contributed by atoms with Crippen molar-refractivity contribution in [2.75, 3.05) is 53.4 Å². The zero-order chi connectivity index (χ0) is 20.4. The summed E-state index contributed by atoms with van der Waals surface area (Å²) in [7, 11) is 4.01. The van der Waals surface area contributed by atoms with Crippen LogP contribution >= 0.6 is 11.3 Å². The third-order valence-electron chi connectivity index (χ3n) is 5.84. The molecule has 6 nitrogen and oxygen atoms in total. The van der Waals surface area contributed by atoms with Gasteiger partial charge < -0.3 is 19.4 Å². The fourth-order valence-electron chi connectivity index (χ4n) is 4.27. The van der Waals surface area contributed by atoms with Crippen LogP contribution in [-0.2, 0) is 9.53 Å². The van der Waals surface area contributed by atoms with E-state index in [1.807, 2.05) is 54.0 Å². The first kappa shape index (κ1) is 20.1. The number of morpholine rings is 1. The molecule has 29 heavy (non-hydrogen) atoms. The van der Waals surface area contributed by atoms with Crippen molar-refractivity contribution in [1.29, 1.82) is 0 Å². The predicted molar refractivity (Wildman–Crippen MR) is 113 cm³/mol. The van der Waals surface area contributed by atoms with E-state index in [4.69, 9.17) is 4.74 Å². The summed E-state index contributed by atoms with van der Waals surface area (Å²) in [6, 6.07) is 11.9. The number of hydrogen-bond acceptors (Lipinski definition) is 5. The summed E-state index contributed by atoms with van der Waals surface area (Å²) < 4.78 is 6.24. The maximum absolute atomic E-state index is 13.6. The third-order valence-corrected chi connectivity index (χ3v) is 6.52. The Morgan fingerprint density at radius 3 is 2.76 bits per heavy atom. The van der Waals surface area contributed by atoms with Crippen LogP contribution in [0.5, 0.6) is 0 Å². The van der Waals surface area contributed by atoms with Gasteiger partial charge in [-0.3, -0.25) is 9.59 Å². The Kier molecular flexibility index (Phi) is 5.72. The number of carbonyl (C=O) groups is 2. The average Bonchev–Trinajstić information content (AvgIpc) is 3.35. The second-order valence-corrected chi connectivity index (χ2v) is 8.77. The van der Waals surface area contributed by atoms with Gasteiger partial charge in [-0.2, -0.15) is 11.3 Å². The summed E-state index contributed by atoms with van der Waals surface area (Å²) in [6.45, 7) is 3.21. The molecule has 2 aliphatic heterocycles. The van der Waals surface area contributed by atoms with Crippen molar-refractivity contribution in [3.8, 4) is 0 Å². The highest BCUT2D eigenvalue weighted by molar-refractivity contribution is 7.08. The van der Waals surface area contributed by atoms with Crippen molar-refractivity contribution in [2.45, 2.75) is 11.5 Å². The molecule has 0 radical (unpaired) electrons. The summed E-state index contributed by atoms with van der Waals surface area (Å²) in [5.74, 6) is -0.132. The van der Waals surface area contributed by atoms with Gasteiger partial charge in [-0.25, -0.2) is 0 Å². The molecule has 2 aliphatic rings. The van der Waals surface area contributed by atoms with Crippen LogP contribution in [-0.4, -0.2) is 85.5 Å². The largest absolute Gasteiger partial charge is 0.361 e. The Morgan fingerprint density at radius 2 is 2.07 bits per heavy atom. The molecule has 2 saturated heterocycles. The van der Waals surface area contributed by atoms with Crippen molar-refractivity contribution in [2.24, 2.45) is 0 Å². The lowest BCUT2D eigenvalue weighted by atomic mass is 9.83. The van der Waals surface area contributed by atoms with Crippen LogP contribution in [0.2, 0.25) is 0 Å². The van der Waals surface area contributed by atoms with Crippen LogP contribution < -0.4 is 0 Å². The standard InChI is InChI=1S/C22H27N3O3S/c1-23(2)9-10-24-14-19(17-6-4-3-5-7-17)22(21(24)27)16-25(11-12-28-22)20(26)18-8-13-29-15-18/h3-8,13,15,19H,9-12,14,16H2,1-2H3. The predicted octanol–water partition coefficient (Wildman–Crippen LogP) is 2.15. The fourth-order valence-corrected chi connectivity index (χ4v) is 4.90. The van der Waals surface area contributed by atoms with Gasteiger partial charge in [-0.15, -0.1) is 0 Å². The number of nitrogens with zero attached hydrogens (tertiary/aromatic N) is 3. The summed E-state index contributed by atoms with van der Waals surface area (Å²) in [5.41, 5.74) is 0.744. The van der Waals surface area contributed by atoms with E-state index in [1.165, 1.54) is 11.3 Å². The van der Waals surface area contributed by atoms with Crippen LogP contribution in [0.3, 0.4) is 0 Å². The fraction of sp³-hybridized carbons (Fsp3) is 0.455. The smallest absolute Gasteiger partial charge is 0.257 e. The highest BCUT2D eigenvalue weighted by Gasteiger charge is 2.58. The molecule has 0 aliphatic carbocycles. The molecule has 3 heterocycles. The minimum absolute atomic E-state index is 0.00368. The molecule has 7 heteroatoms. The molecule has 1 aromatic heterocycles. The van der Waals surface area contributed by atoms with Gasteiger partial charge in [-0.05, 0) is 31.1 Å². The summed E-state index contributed by atoms with van der Waals surface area (Å²) in [4.78, 5) is 32.3. The number of benzene rings is 1. The first-order chi connectivity index (χ1) is 14.0. The SMILES string of the molecule is CN(C)CCN1CC(c2ccccc2)C2(CN(C(=O)c3ccsc3)CCO2)C1=O. The highest BCUT2D eigenvalue weighted by Crippen LogP contribution is 2.42. The summed E-state index contributed by atoms with van der Waals surface area (Å²) >= 11 is 1.50. The number of rotatable bonds is 5. The van der Waals surface area contributed by atoms with Crippen molar-refractivity contribution in [1.82, 2.24) is 14.7 Å². The molecule has 2 unspecified atom stereocenters. The van der Waals surface area contributed by atoms with Crippen molar-refractivity contribution in [3.05, 3.63) is 58.3 Å². The molecular formula is C22H27N3O3S. The van der Waals surface area contributed by atoms with Crippen LogP contribution in [0, 0.1) is 0 Å². The van der Waals surface area contributed by atoms with E-state index in [2.05, 4.69) is 17.0 Å². The molecule has 0 bridgehead atoms. The van der Waals surface area contributed by atoms with E-state index in [9.17, 15) is 9.59 Å². The molecule has 2 fully saturated rings. The average molecular weight is 414 g/mol. The Bertz CT molecular complexity index is 855. The Hall–Kier alpha value is -2.22. The highest BCUT2D eigenvalue weighted by atomic mass is 32.1. The van der Waals surface area contributed by atoms with E-state index >= 15 is 0 Å². The van der Waals surface area contributed by atoms with Crippen molar-refractivity contribution >= 4 is 23.2 Å². The number of likely N-dealkylation sites (tertiary alicyclic amines) is 1. The maximum atomic E-state index is 13.6. The van der Waals surface area contributed by atoms with Gasteiger partial charge in [0.05, 0.1) is 18.7 Å². The zero-order valence-corrected chi connectivity index (χ0v) is 17.7. The number of amides is 2. The molecule has 1 aromatic carbocycles. The number of carbonyl (C=O) groups excluding carboxylic acids is 2. The Balaban J connectivity index is 1.65. The summed E-state index contributed by atoms with van der Waals surface area (Å²) in [5, 5.41) is 3.76. The quantitative estimate of drug-likeness (QED) is 0.754. The lowest BCUT2D eigenvalue weighted by Gasteiger charge is -2.42. The Morgan fingerprint density at radius 1 is 1.28 bits per heavy atom. The second-order valence-electron chi connectivity index (χ2n) is 7.99. The van der Waals surface area contributed by atoms with E-state index < -0.39 is 5.60 Å². The van der Waals surface area contributed by atoms with Gasteiger partial charge >= 0.3 is 0 Å². The molecule has 1 spiro atoms. The first-order valence-corrected chi connectivity index (χ1v) is 10.9. The van der Waals surface area contributed by atoms with Gasteiger partial charge in [0.25, 0.3) is 11.8 Å². The van der Waals surface area contributed by atoms with Crippen molar-refractivity contribution < 1.29 is 14.3 Å². The van der Waals surface area contributed by atoms with Gasteiger partial charge in [0.1, 0.15) is 0 Å². The number of thiophene rings is 1. The van der Waals surface area contributed by atoms with Gasteiger partial charge in [0.15, 0.2) is 5.60 Å². The Labute approximate surface area is 175 Å². The number of ether oxygens (including phenoxy) is 1. The van der Waals surface area contributed by atoms with Crippen LogP contribution in [0.25, 0.3) is 0 Å². The minimum Gasteiger partial charge on any atom is -0.361 e. The maximum Gasteiger partial charge on any atom is 0.257 e. The first-order valence-electron chi connectivity index (χ1n) is 9.96. The van der Waals surface area contributed by atoms with E-state index in [-0.39, 0.29) is 17.7 Å². The molecule has 4 rings (SSSR count). The zero-order valence-electron chi connectivity index (χ0n) is 16.9. The topological polar surface area (TPSA) is 53.1 Å². The lowest BCUT2D eigenvalue weighted by Crippen LogP contribution is -2.59. The molecule has 0 N–H and O–H groups in total. The van der Waals surface area contributed by atoms with Crippen LogP contribution in [0.1, 0.15) is 21.8 Å². The lowest BCUT2D eigenvalue weighted by molar-refractivity contribution is -0.159. The third kappa shape index (κ3) is 3.82. The van der Waals surface area contributed by atoms with Gasteiger partial charge in [0, 0.05) is 37.5 Å². The summed E-state index contributed by atoms with van der Waals surface area (Å²) in [6.07, 6.45) is 0. The second kappa shape index (κ2) is 8.26. The van der Waals surface area contributed by atoms with Crippen LogP contribution in [0.15, 0.2) is 47.2 Å². The van der Waals surface area contributed by atoms with Gasteiger partial charge in [0.2, 0.25) is 0 Å². The number of likely N-dealkylation sites (N-methyl/N-ethyl adjacent to an activating group) is 1. The molecular weight excluding hydrogens is 386 g/mol. The molecule has 2 atom stereocenters. The molecule has 154 valence electrons. The molecule has 2 amide bonds. The van der Waals surface area contributed by atoms with Gasteiger partial charge in [-0.1, -0.05) is 30.3 Å². The van der Waals surface area contributed by atoms with Crippen molar-refractivity contribution in [3.63, 3.8) is 0 Å². The molecule has 0 saturated carbocycles. The van der Waals surface area contributed by atoms with E-state index in [0.29, 0.717) is 38.3 Å². The van der Waals surface area contributed by atoms with E-state index in [0.717, 1.165) is 12.1 Å².